The minimum absolute atomic E-state index is 0.167. The number of nitrogens with zero attached hydrogens (tertiary/aromatic N) is 1. The van der Waals surface area contributed by atoms with Crippen LogP contribution in [-0.4, -0.2) is 50.2 Å². The minimum Gasteiger partial charge on any atom is -0.340 e. The molecule has 110 valence electrons. The Hall–Kier alpha value is -0.660. The third kappa shape index (κ3) is 3.09. The number of hydrogen-bond acceptors (Lipinski definition) is 4. The van der Waals surface area contributed by atoms with E-state index in [2.05, 4.69) is 4.72 Å². The number of sulfonamides is 1. The van der Waals surface area contributed by atoms with E-state index in [0.29, 0.717) is 24.9 Å². The van der Waals surface area contributed by atoms with Crippen molar-refractivity contribution in [1.82, 2.24) is 9.62 Å². The average molecular weight is 289 g/mol. The smallest absolute Gasteiger partial charge is 0.243 e. The van der Waals surface area contributed by atoms with E-state index in [4.69, 9.17) is 5.73 Å². The Bertz CT molecular complexity index is 475. The number of hydrogen-bond donors (Lipinski definition) is 2. The molecule has 2 rings (SSSR count). The van der Waals surface area contributed by atoms with Crippen LogP contribution in [0, 0.1) is 11.8 Å². The van der Waals surface area contributed by atoms with E-state index >= 15 is 0 Å². The van der Waals surface area contributed by atoms with E-state index in [1.54, 1.807) is 18.7 Å². The Morgan fingerprint density at radius 3 is 2.47 bits per heavy atom. The number of fused-ring (bicyclic) bond motifs is 1. The van der Waals surface area contributed by atoms with E-state index in [0.717, 1.165) is 19.1 Å². The van der Waals surface area contributed by atoms with Crippen LogP contribution in [0.4, 0.5) is 0 Å². The van der Waals surface area contributed by atoms with Crippen LogP contribution in [0.5, 0.6) is 0 Å². The highest BCUT2D eigenvalue weighted by molar-refractivity contribution is 7.88. The van der Waals surface area contributed by atoms with Crippen LogP contribution in [0.2, 0.25) is 0 Å². The van der Waals surface area contributed by atoms with E-state index in [1.807, 2.05) is 0 Å². The van der Waals surface area contributed by atoms with Gasteiger partial charge in [0.1, 0.15) is 5.54 Å². The molecule has 3 unspecified atom stereocenters. The first kappa shape index (κ1) is 14.7. The highest BCUT2D eigenvalue weighted by atomic mass is 32.2. The van der Waals surface area contributed by atoms with Gasteiger partial charge in [-0.25, -0.2) is 13.1 Å². The van der Waals surface area contributed by atoms with E-state index in [-0.39, 0.29) is 11.9 Å². The topological polar surface area (TPSA) is 92.5 Å². The SMILES string of the molecule is CC(C)(NS(C)(=O)=O)C(=O)N1CC2CCC(N)C2C1. The van der Waals surface area contributed by atoms with Crippen molar-refractivity contribution in [3.63, 3.8) is 0 Å². The number of nitrogens with two attached hydrogens (primary N) is 1. The zero-order valence-corrected chi connectivity index (χ0v) is 12.5. The summed E-state index contributed by atoms with van der Waals surface area (Å²) in [6.45, 7) is 4.56. The fourth-order valence-electron chi connectivity index (χ4n) is 3.38. The van der Waals surface area contributed by atoms with Crippen LogP contribution in [0.15, 0.2) is 0 Å². The van der Waals surface area contributed by atoms with E-state index in [1.165, 1.54) is 0 Å². The number of nitrogens with one attached hydrogen (secondary N) is 1. The standard InChI is InChI=1S/C12H23N3O3S/c1-12(2,14-19(3,17)18)11(16)15-6-8-4-5-10(13)9(8)7-15/h8-10,14H,4-7,13H2,1-3H3. The third-order valence-corrected chi connectivity index (χ3v) is 5.06. The predicted octanol–water partition coefficient (Wildman–Crippen LogP) is -0.490. The van der Waals surface area contributed by atoms with Gasteiger partial charge in [-0.05, 0) is 38.5 Å². The second kappa shape index (κ2) is 4.71. The Balaban J connectivity index is 2.05. The number of carbonyl (C=O) groups excluding carboxylic acids is 1. The molecular weight excluding hydrogens is 266 g/mol. The van der Waals surface area contributed by atoms with E-state index in [9.17, 15) is 13.2 Å². The molecule has 0 aromatic carbocycles. The second-order valence-electron chi connectivity index (χ2n) is 6.37. The molecule has 1 amide bonds. The monoisotopic (exact) mass is 289 g/mol. The zero-order valence-electron chi connectivity index (χ0n) is 11.7. The molecule has 1 saturated heterocycles. The summed E-state index contributed by atoms with van der Waals surface area (Å²) in [6, 6.07) is 0.175. The molecule has 7 heteroatoms. The maximum absolute atomic E-state index is 12.4. The fraction of sp³-hybridized carbons (Fsp3) is 0.917. The zero-order chi connectivity index (χ0) is 14.4. The Morgan fingerprint density at radius 1 is 1.32 bits per heavy atom. The van der Waals surface area contributed by atoms with Gasteiger partial charge in [-0.3, -0.25) is 4.79 Å². The second-order valence-corrected chi connectivity index (χ2v) is 8.12. The number of rotatable bonds is 3. The van der Waals surface area contributed by atoms with Gasteiger partial charge in [0.15, 0.2) is 0 Å². The van der Waals surface area contributed by atoms with Crippen LogP contribution in [0.1, 0.15) is 26.7 Å². The first-order chi connectivity index (χ1) is 8.60. The molecule has 6 nitrogen and oxygen atoms in total. The van der Waals surface area contributed by atoms with Gasteiger partial charge >= 0.3 is 0 Å². The summed E-state index contributed by atoms with van der Waals surface area (Å²) in [4.78, 5) is 14.2. The van der Waals surface area contributed by atoms with Crippen LogP contribution in [0.25, 0.3) is 0 Å². The molecule has 1 saturated carbocycles. The van der Waals surface area contributed by atoms with Gasteiger partial charge in [-0.15, -0.1) is 0 Å². The molecule has 2 aliphatic rings. The molecule has 2 fully saturated rings. The third-order valence-electron chi connectivity index (χ3n) is 4.17. The maximum Gasteiger partial charge on any atom is 0.243 e. The summed E-state index contributed by atoms with van der Waals surface area (Å²) in [5.41, 5.74) is 4.94. The first-order valence-electron chi connectivity index (χ1n) is 6.64. The Morgan fingerprint density at radius 2 is 1.95 bits per heavy atom. The molecule has 0 radical (unpaired) electrons. The van der Waals surface area contributed by atoms with Gasteiger partial charge < -0.3 is 10.6 Å². The Labute approximate surface area is 114 Å². The van der Waals surface area contributed by atoms with Gasteiger partial charge in [-0.1, -0.05) is 0 Å². The molecule has 3 N–H and O–H groups in total. The van der Waals surface area contributed by atoms with Crippen molar-refractivity contribution in [3.8, 4) is 0 Å². The molecule has 1 heterocycles. The summed E-state index contributed by atoms with van der Waals surface area (Å²) >= 11 is 0. The van der Waals surface area contributed by atoms with Crippen molar-refractivity contribution in [2.75, 3.05) is 19.3 Å². The molecule has 1 aliphatic heterocycles. The minimum atomic E-state index is -3.41. The molecule has 1 aliphatic carbocycles. The fourth-order valence-corrected chi connectivity index (χ4v) is 4.39. The molecule has 3 atom stereocenters. The highest BCUT2D eigenvalue weighted by Gasteiger charge is 2.45. The lowest BCUT2D eigenvalue weighted by atomic mass is 9.98. The molecular formula is C12H23N3O3S. The van der Waals surface area contributed by atoms with Crippen molar-refractivity contribution < 1.29 is 13.2 Å². The largest absolute Gasteiger partial charge is 0.340 e. The van der Waals surface area contributed by atoms with Gasteiger partial charge in [0.2, 0.25) is 15.9 Å². The summed E-state index contributed by atoms with van der Waals surface area (Å²) in [6.07, 6.45) is 3.16. The lowest BCUT2D eigenvalue weighted by molar-refractivity contribution is -0.135. The van der Waals surface area contributed by atoms with Crippen molar-refractivity contribution >= 4 is 15.9 Å². The molecule has 0 aromatic heterocycles. The number of likely N-dealkylation sites (tertiary alicyclic amines) is 1. The quantitative estimate of drug-likeness (QED) is 0.733. The molecule has 0 bridgehead atoms. The van der Waals surface area contributed by atoms with Gasteiger partial charge in [0.25, 0.3) is 0 Å². The highest BCUT2D eigenvalue weighted by Crippen LogP contribution is 2.37. The van der Waals surface area contributed by atoms with Gasteiger partial charge in [0.05, 0.1) is 6.26 Å². The van der Waals surface area contributed by atoms with Crippen LogP contribution >= 0.6 is 0 Å². The maximum atomic E-state index is 12.4. The van der Waals surface area contributed by atoms with Crippen molar-refractivity contribution in [2.24, 2.45) is 17.6 Å². The number of carbonyl (C=O) groups is 1. The normalized spacial score (nSPS) is 31.6. The molecule has 0 aromatic rings. The predicted molar refractivity (Wildman–Crippen MR) is 72.8 cm³/mol. The number of amides is 1. The summed E-state index contributed by atoms with van der Waals surface area (Å²) in [7, 11) is -3.41. The average Bonchev–Trinajstić information content (AvgIpc) is 2.76. The Kier molecular flexibility index (Phi) is 3.66. The molecule has 19 heavy (non-hydrogen) atoms. The van der Waals surface area contributed by atoms with Gasteiger partial charge in [-0.2, -0.15) is 0 Å². The van der Waals surface area contributed by atoms with E-state index < -0.39 is 15.6 Å². The van der Waals surface area contributed by atoms with Crippen LogP contribution in [-0.2, 0) is 14.8 Å². The van der Waals surface area contributed by atoms with Crippen molar-refractivity contribution in [1.29, 1.82) is 0 Å². The first-order valence-corrected chi connectivity index (χ1v) is 8.53. The van der Waals surface area contributed by atoms with Gasteiger partial charge in [0, 0.05) is 19.1 Å². The van der Waals surface area contributed by atoms with Crippen LogP contribution < -0.4 is 10.5 Å². The molecule has 0 spiro atoms. The van der Waals surface area contributed by atoms with Crippen LogP contribution in [0.3, 0.4) is 0 Å². The lowest BCUT2D eigenvalue weighted by Crippen LogP contribution is -2.55. The van der Waals surface area contributed by atoms with Crippen molar-refractivity contribution in [3.05, 3.63) is 0 Å². The van der Waals surface area contributed by atoms with Crippen molar-refractivity contribution in [2.45, 2.75) is 38.3 Å². The summed E-state index contributed by atoms with van der Waals surface area (Å²) in [5.74, 6) is 0.686. The summed E-state index contributed by atoms with van der Waals surface area (Å²) in [5, 5.41) is 0. The summed E-state index contributed by atoms with van der Waals surface area (Å²) < 4.78 is 25.0. The lowest BCUT2D eigenvalue weighted by Gasteiger charge is -2.30.